The summed E-state index contributed by atoms with van der Waals surface area (Å²) in [5.74, 6) is 0.477. The Balaban J connectivity index is 2.41. The number of rotatable bonds is 5. The van der Waals surface area contributed by atoms with Gasteiger partial charge in [0.15, 0.2) is 0 Å². The van der Waals surface area contributed by atoms with E-state index in [1.807, 2.05) is 30.9 Å². The quantitative estimate of drug-likeness (QED) is 0.719. The van der Waals surface area contributed by atoms with Crippen LogP contribution in [0.15, 0.2) is 12.4 Å². The van der Waals surface area contributed by atoms with E-state index in [0.717, 1.165) is 18.5 Å². The van der Waals surface area contributed by atoms with Crippen molar-refractivity contribution < 1.29 is 4.79 Å². The molecule has 3 heteroatoms. The topological polar surface area (TPSA) is 34.9 Å². The lowest BCUT2D eigenvalue weighted by molar-refractivity contribution is -0.121. The first-order valence-corrected chi connectivity index (χ1v) is 5.17. The Morgan fingerprint density at radius 2 is 2.29 bits per heavy atom. The van der Waals surface area contributed by atoms with E-state index in [2.05, 4.69) is 12.0 Å². The van der Waals surface area contributed by atoms with Crippen LogP contribution in [0.4, 0.5) is 0 Å². The lowest BCUT2D eigenvalue weighted by Crippen LogP contribution is -2.07. The fourth-order valence-corrected chi connectivity index (χ4v) is 1.26. The van der Waals surface area contributed by atoms with Crippen LogP contribution in [0, 0.1) is 5.92 Å². The Morgan fingerprint density at radius 3 is 2.79 bits per heavy atom. The van der Waals surface area contributed by atoms with Crippen molar-refractivity contribution in [2.45, 2.75) is 40.2 Å². The highest BCUT2D eigenvalue weighted by molar-refractivity contribution is 5.80. The Hall–Kier alpha value is -1.12. The van der Waals surface area contributed by atoms with Crippen LogP contribution in [0.2, 0.25) is 0 Å². The monoisotopic (exact) mass is 194 g/mol. The number of carbonyl (C=O) groups is 1. The van der Waals surface area contributed by atoms with Crippen molar-refractivity contribution in [3.63, 3.8) is 0 Å². The zero-order chi connectivity index (χ0) is 10.6. The van der Waals surface area contributed by atoms with Gasteiger partial charge in [-0.2, -0.15) is 5.10 Å². The molecule has 0 aliphatic rings. The van der Waals surface area contributed by atoms with Crippen molar-refractivity contribution in [1.29, 1.82) is 0 Å². The van der Waals surface area contributed by atoms with E-state index in [-0.39, 0.29) is 5.92 Å². The standard InChI is InChI=1S/C11H18N2O/c1-4-13-8-10(7-12-13)5-6-11(14)9(2)3/h7-9H,4-6H2,1-3H3. The van der Waals surface area contributed by atoms with E-state index >= 15 is 0 Å². The van der Waals surface area contributed by atoms with Crippen molar-refractivity contribution in [3.8, 4) is 0 Å². The third kappa shape index (κ3) is 2.98. The average molecular weight is 194 g/mol. The van der Waals surface area contributed by atoms with Crippen molar-refractivity contribution in [2.24, 2.45) is 5.92 Å². The van der Waals surface area contributed by atoms with E-state index in [1.165, 1.54) is 0 Å². The maximum Gasteiger partial charge on any atom is 0.135 e. The first-order chi connectivity index (χ1) is 6.63. The molecule has 0 saturated heterocycles. The first kappa shape index (κ1) is 11.0. The van der Waals surface area contributed by atoms with Crippen molar-refractivity contribution in [3.05, 3.63) is 18.0 Å². The number of nitrogens with zero attached hydrogens (tertiary/aromatic N) is 2. The fourth-order valence-electron chi connectivity index (χ4n) is 1.26. The van der Waals surface area contributed by atoms with Crippen LogP contribution in [0.3, 0.4) is 0 Å². The molecule has 0 saturated carbocycles. The fraction of sp³-hybridized carbons (Fsp3) is 0.636. The smallest absolute Gasteiger partial charge is 0.135 e. The van der Waals surface area contributed by atoms with Crippen LogP contribution < -0.4 is 0 Å². The van der Waals surface area contributed by atoms with Crippen LogP contribution in [-0.2, 0) is 17.8 Å². The molecule has 0 aliphatic heterocycles. The molecular weight excluding hydrogens is 176 g/mol. The number of carbonyl (C=O) groups excluding carboxylic acids is 1. The predicted molar refractivity (Wildman–Crippen MR) is 56.1 cm³/mol. The molecule has 14 heavy (non-hydrogen) atoms. The minimum absolute atomic E-state index is 0.149. The van der Waals surface area contributed by atoms with Crippen LogP contribution >= 0.6 is 0 Å². The second-order valence-corrected chi connectivity index (χ2v) is 3.83. The number of hydrogen-bond acceptors (Lipinski definition) is 2. The number of aromatic nitrogens is 2. The zero-order valence-electron chi connectivity index (χ0n) is 9.16. The second kappa shape index (κ2) is 4.94. The molecule has 1 heterocycles. The maximum absolute atomic E-state index is 11.4. The molecule has 0 aromatic carbocycles. The summed E-state index contributed by atoms with van der Waals surface area (Å²) in [5, 5.41) is 4.16. The van der Waals surface area contributed by atoms with Crippen molar-refractivity contribution in [2.75, 3.05) is 0 Å². The van der Waals surface area contributed by atoms with Gasteiger partial charge in [0.1, 0.15) is 5.78 Å². The summed E-state index contributed by atoms with van der Waals surface area (Å²) in [6, 6.07) is 0. The van der Waals surface area contributed by atoms with Gasteiger partial charge in [0.05, 0.1) is 6.20 Å². The van der Waals surface area contributed by atoms with E-state index in [0.29, 0.717) is 12.2 Å². The third-order valence-electron chi connectivity index (χ3n) is 2.31. The van der Waals surface area contributed by atoms with Gasteiger partial charge in [-0.05, 0) is 18.9 Å². The van der Waals surface area contributed by atoms with Gasteiger partial charge in [0.2, 0.25) is 0 Å². The van der Waals surface area contributed by atoms with Crippen LogP contribution in [-0.4, -0.2) is 15.6 Å². The average Bonchev–Trinajstić information content (AvgIpc) is 2.61. The van der Waals surface area contributed by atoms with Gasteiger partial charge in [0, 0.05) is 25.1 Å². The van der Waals surface area contributed by atoms with Gasteiger partial charge in [-0.3, -0.25) is 9.48 Å². The van der Waals surface area contributed by atoms with Crippen LogP contribution in [0.1, 0.15) is 32.8 Å². The van der Waals surface area contributed by atoms with E-state index in [9.17, 15) is 4.79 Å². The number of ketones is 1. The van der Waals surface area contributed by atoms with Gasteiger partial charge in [-0.1, -0.05) is 13.8 Å². The molecule has 0 aliphatic carbocycles. The van der Waals surface area contributed by atoms with Crippen LogP contribution in [0.5, 0.6) is 0 Å². The van der Waals surface area contributed by atoms with Crippen LogP contribution in [0.25, 0.3) is 0 Å². The van der Waals surface area contributed by atoms with Gasteiger partial charge >= 0.3 is 0 Å². The third-order valence-corrected chi connectivity index (χ3v) is 2.31. The number of aryl methyl sites for hydroxylation is 2. The highest BCUT2D eigenvalue weighted by atomic mass is 16.1. The summed E-state index contributed by atoms with van der Waals surface area (Å²) in [7, 11) is 0. The minimum Gasteiger partial charge on any atom is -0.299 e. The molecule has 1 aromatic rings. The number of Topliss-reactive ketones (excluding diaryl/α,β-unsaturated/α-hetero) is 1. The largest absolute Gasteiger partial charge is 0.299 e. The van der Waals surface area contributed by atoms with Gasteiger partial charge in [-0.15, -0.1) is 0 Å². The van der Waals surface area contributed by atoms with Crippen molar-refractivity contribution in [1.82, 2.24) is 9.78 Å². The molecule has 1 aromatic heterocycles. The maximum atomic E-state index is 11.4. The summed E-state index contributed by atoms with van der Waals surface area (Å²) in [4.78, 5) is 11.4. The summed E-state index contributed by atoms with van der Waals surface area (Å²) in [6.45, 7) is 6.82. The molecule has 0 unspecified atom stereocenters. The molecule has 0 radical (unpaired) electrons. The molecule has 0 amide bonds. The second-order valence-electron chi connectivity index (χ2n) is 3.83. The molecule has 0 atom stereocenters. The molecule has 0 fully saturated rings. The molecule has 78 valence electrons. The molecule has 0 bridgehead atoms. The lowest BCUT2D eigenvalue weighted by atomic mass is 10.0. The molecular formula is C11H18N2O. The van der Waals surface area contributed by atoms with E-state index in [1.54, 1.807) is 0 Å². The summed E-state index contributed by atoms with van der Waals surface area (Å²) < 4.78 is 1.88. The Morgan fingerprint density at radius 1 is 1.57 bits per heavy atom. The zero-order valence-corrected chi connectivity index (χ0v) is 9.16. The highest BCUT2D eigenvalue weighted by Crippen LogP contribution is 2.06. The molecule has 0 spiro atoms. The molecule has 1 rings (SSSR count). The summed E-state index contributed by atoms with van der Waals surface area (Å²) >= 11 is 0. The number of hydrogen-bond donors (Lipinski definition) is 0. The Labute approximate surface area is 85.1 Å². The van der Waals surface area contributed by atoms with Gasteiger partial charge in [0.25, 0.3) is 0 Å². The summed E-state index contributed by atoms with van der Waals surface area (Å²) in [6.07, 6.45) is 5.30. The Kier molecular flexibility index (Phi) is 3.86. The van der Waals surface area contributed by atoms with Gasteiger partial charge < -0.3 is 0 Å². The van der Waals surface area contributed by atoms with Gasteiger partial charge in [-0.25, -0.2) is 0 Å². The summed E-state index contributed by atoms with van der Waals surface area (Å²) in [5.41, 5.74) is 1.15. The lowest BCUT2D eigenvalue weighted by Gasteiger charge is -2.01. The Bertz CT molecular complexity index is 302. The van der Waals surface area contributed by atoms with E-state index < -0.39 is 0 Å². The predicted octanol–water partition coefficient (Wildman–Crippen LogP) is 2.06. The molecule has 0 N–H and O–H groups in total. The minimum atomic E-state index is 0.149. The van der Waals surface area contributed by atoms with Crippen molar-refractivity contribution >= 4 is 5.78 Å². The highest BCUT2D eigenvalue weighted by Gasteiger charge is 2.07. The first-order valence-electron chi connectivity index (χ1n) is 5.17. The SMILES string of the molecule is CCn1cc(CCC(=O)C(C)C)cn1. The van der Waals surface area contributed by atoms with E-state index in [4.69, 9.17) is 0 Å². The molecule has 3 nitrogen and oxygen atoms in total. The normalized spacial score (nSPS) is 10.9.